The standard InChI is InChI=1S/C28H29N3O3/c32-27-21-30(19-16-22-8-10-23(11-9-22)20-29-17-4-5-18-29)28(33)31(27)24-12-14-26(15-13-24)34-25-6-2-1-3-7-25/h1-3,6-15,21,32H,4-5,16-20H2. The molecule has 0 bridgehead atoms. The number of nitrogens with zero attached hydrogens (tertiary/aromatic N) is 3. The molecular weight excluding hydrogens is 426 g/mol. The lowest BCUT2D eigenvalue weighted by Gasteiger charge is -2.14. The number of ether oxygens (including phenoxy) is 1. The van der Waals surface area contributed by atoms with Crippen LogP contribution in [0.15, 0.2) is 89.9 Å². The molecule has 0 radical (unpaired) electrons. The Bertz CT molecular complexity index is 1270. The zero-order valence-electron chi connectivity index (χ0n) is 19.1. The van der Waals surface area contributed by atoms with E-state index in [1.807, 2.05) is 30.3 Å². The molecule has 0 unspecified atom stereocenters. The van der Waals surface area contributed by atoms with E-state index in [1.165, 1.54) is 47.8 Å². The fraction of sp³-hybridized carbons (Fsp3) is 0.250. The van der Waals surface area contributed by atoms with E-state index in [0.717, 1.165) is 18.7 Å². The first-order valence-corrected chi connectivity index (χ1v) is 11.8. The van der Waals surface area contributed by atoms with Crippen molar-refractivity contribution in [3.05, 3.63) is 107 Å². The first-order chi connectivity index (χ1) is 16.7. The summed E-state index contributed by atoms with van der Waals surface area (Å²) in [6.07, 6.45) is 4.81. The molecule has 6 heteroatoms. The summed E-state index contributed by atoms with van der Waals surface area (Å²) in [5.74, 6) is 1.32. The Labute approximate surface area is 199 Å². The van der Waals surface area contributed by atoms with Gasteiger partial charge < -0.3 is 9.84 Å². The van der Waals surface area contributed by atoms with Gasteiger partial charge in [0, 0.05) is 13.1 Å². The Morgan fingerprint density at radius 1 is 0.794 bits per heavy atom. The van der Waals surface area contributed by atoms with E-state index in [1.54, 1.807) is 28.8 Å². The third kappa shape index (κ3) is 5.07. The fourth-order valence-electron chi connectivity index (χ4n) is 4.43. The van der Waals surface area contributed by atoms with Gasteiger partial charge in [-0.15, -0.1) is 0 Å². The quantitative estimate of drug-likeness (QED) is 0.407. The van der Waals surface area contributed by atoms with Crippen molar-refractivity contribution in [1.82, 2.24) is 14.0 Å². The minimum atomic E-state index is -0.264. The summed E-state index contributed by atoms with van der Waals surface area (Å²) in [4.78, 5) is 15.5. The molecule has 1 aromatic heterocycles. The van der Waals surface area contributed by atoms with Gasteiger partial charge in [0.05, 0.1) is 11.9 Å². The summed E-state index contributed by atoms with van der Waals surface area (Å²) in [5, 5.41) is 10.4. The van der Waals surface area contributed by atoms with E-state index in [4.69, 9.17) is 4.74 Å². The van der Waals surface area contributed by atoms with E-state index in [0.29, 0.717) is 18.0 Å². The Morgan fingerprint density at radius 3 is 2.15 bits per heavy atom. The Hall–Kier alpha value is -3.77. The average molecular weight is 456 g/mol. The van der Waals surface area contributed by atoms with Crippen LogP contribution in [0.3, 0.4) is 0 Å². The number of imidazole rings is 1. The van der Waals surface area contributed by atoms with Crippen molar-refractivity contribution in [2.45, 2.75) is 32.4 Å². The van der Waals surface area contributed by atoms with Gasteiger partial charge in [-0.2, -0.15) is 0 Å². The molecule has 34 heavy (non-hydrogen) atoms. The summed E-state index contributed by atoms with van der Waals surface area (Å²) in [6, 6.07) is 25.3. The maximum absolute atomic E-state index is 13.0. The zero-order valence-corrected chi connectivity index (χ0v) is 19.1. The van der Waals surface area contributed by atoms with E-state index < -0.39 is 0 Å². The summed E-state index contributed by atoms with van der Waals surface area (Å²) in [6.45, 7) is 3.88. The van der Waals surface area contributed by atoms with Gasteiger partial charge in [-0.1, -0.05) is 42.5 Å². The highest BCUT2D eigenvalue weighted by Crippen LogP contribution is 2.23. The van der Waals surface area contributed by atoms with Crippen LogP contribution < -0.4 is 10.4 Å². The van der Waals surface area contributed by atoms with Gasteiger partial charge in [-0.05, 0) is 79.9 Å². The first kappa shape index (κ1) is 22.0. The SMILES string of the molecule is O=c1n(CCc2ccc(CN3CCCC3)cc2)cc(O)n1-c1ccc(Oc2ccccc2)cc1. The van der Waals surface area contributed by atoms with Gasteiger partial charge in [0.2, 0.25) is 5.88 Å². The van der Waals surface area contributed by atoms with Crippen molar-refractivity contribution < 1.29 is 9.84 Å². The maximum Gasteiger partial charge on any atom is 0.335 e. The number of para-hydroxylation sites is 1. The fourth-order valence-corrected chi connectivity index (χ4v) is 4.43. The third-order valence-electron chi connectivity index (χ3n) is 6.28. The molecule has 0 spiro atoms. The van der Waals surface area contributed by atoms with E-state index in [9.17, 15) is 9.90 Å². The number of aromatic nitrogens is 2. The normalized spacial score (nSPS) is 13.9. The zero-order chi connectivity index (χ0) is 23.3. The Morgan fingerprint density at radius 2 is 1.44 bits per heavy atom. The van der Waals surface area contributed by atoms with Crippen molar-refractivity contribution in [3.8, 4) is 23.1 Å². The maximum atomic E-state index is 13.0. The Balaban J connectivity index is 1.23. The Kier molecular flexibility index (Phi) is 6.49. The molecule has 0 aliphatic carbocycles. The highest BCUT2D eigenvalue weighted by atomic mass is 16.5. The lowest BCUT2D eigenvalue weighted by atomic mass is 10.1. The highest BCUT2D eigenvalue weighted by Gasteiger charge is 2.14. The molecule has 1 saturated heterocycles. The predicted molar refractivity (Wildman–Crippen MR) is 133 cm³/mol. The van der Waals surface area contributed by atoms with E-state index >= 15 is 0 Å². The average Bonchev–Trinajstić information content (AvgIpc) is 3.47. The van der Waals surface area contributed by atoms with Crippen LogP contribution in [0.5, 0.6) is 17.4 Å². The van der Waals surface area contributed by atoms with Gasteiger partial charge in [-0.3, -0.25) is 9.47 Å². The van der Waals surface area contributed by atoms with Crippen LogP contribution in [0, 0.1) is 0 Å². The molecule has 6 nitrogen and oxygen atoms in total. The molecule has 0 saturated carbocycles. The molecule has 174 valence electrons. The minimum Gasteiger partial charge on any atom is -0.493 e. The largest absolute Gasteiger partial charge is 0.493 e. The number of hydrogen-bond acceptors (Lipinski definition) is 4. The van der Waals surface area contributed by atoms with Crippen molar-refractivity contribution in [3.63, 3.8) is 0 Å². The molecule has 1 aliphatic rings. The molecule has 0 amide bonds. The summed E-state index contributed by atoms with van der Waals surface area (Å²) >= 11 is 0. The van der Waals surface area contributed by atoms with Crippen molar-refractivity contribution in [2.24, 2.45) is 0 Å². The highest BCUT2D eigenvalue weighted by molar-refractivity contribution is 5.41. The smallest absolute Gasteiger partial charge is 0.335 e. The first-order valence-electron chi connectivity index (χ1n) is 11.8. The molecule has 3 aromatic carbocycles. The summed E-state index contributed by atoms with van der Waals surface area (Å²) in [5.41, 5.74) is 2.82. The van der Waals surface area contributed by atoms with Crippen LogP contribution >= 0.6 is 0 Å². The monoisotopic (exact) mass is 455 g/mol. The van der Waals surface area contributed by atoms with Crippen LogP contribution in [0.25, 0.3) is 5.69 Å². The predicted octanol–water partition coefficient (Wildman–Crippen LogP) is 4.98. The number of aromatic hydroxyl groups is 1. The topological polar surface area (TPSA) is 59.6 Å². The van der Waals surface area contributed by atoms with Crippen LogP contribution in [0.1, 0.15) is 24.0 Å². The van der Waals surface area contributed by atoms with E-state index in [2.05, 4.69) is 29.2 Å². The van der Waals surface area contributed by atoms with Crippen molar-refractivity contribution >= 4 is 0 Å². The second kappa shape index (κ2) is 10.0. The lowest BCUT2D eigenvalue weighted by molar-refractivity contribution is 0.331. The summed E-state index contributed by atoms with van der Waals surface area (Å²) in [7, 11) is 0. The van der Waals surface area contributed by atoms with Crippen LogP contribution in [-0.2, 0) is 19.5 Å². The third-order valence-corrected chi connectivity index (χ3v) is 6.28. The molecule has 4 aromatic rings. The number of aryl methyl sites for hydroxylation is 2. The number of benzene rings is 3. The van der Waals surface area contributed by atoms with Crippen LogP contribution in [-0.4, -0.2) is 32.2 Å². The molecule has 1 fully saturated rings. The second-order valence-corrected chi connectivity index (χ2v) is 8.76. The molecule has 0 atom stereocenters. The lowest BCUT2D eigenvalue weighted by Crippen LogP contribution is -2.23. The number of rotatable bonds is 8. The molecule has 5 rings (SSSR count). The summed E-state index contributed by atoms with van der Waals surface area (Å²) < 4.78 is 8.68. The van der Waals surface area contributed by atoms with Gasteiger partial charge in [0.15, 0.2) is 0 Å². The van der Waals surface area contributed by atoms with Gasteiger partial charge in [0.1, 0.15) is 11.5 Å². The second-order valence-electron chi connectivity index (χ2n) is 8.76. The number of hydrogen-bond donors (Lipinski definition) is 1. The van der Waals surface area contributed by atoms with Crippen LogP contribution in [0.4, 0.5) is 0 Å². The number of likely N-dealkylation sites (tertiary alicyclic amines) is 1. The van der Waals surface area contributed by atoms with Crippen LogP contribution in [0.2, 0.25) is 0 Å². The molecule has 2 heterocycles. The van der Waals surface area contributed by atoms with Gasteiger partial charge in [-0.25, -0.2) is 9.36 Å². The molecule has 1 N–H and O–H groups in total. The minimum absolute atomic E-state index is 0.0808. The van der Waals surface area contributed by atoms with Crippen molar-refractivity contribution in [2.75, 3.05) is 13.1 Å². The van der Waals surface area contributed by atoms with Gasteiger partial charge in [0.25, 0.3) is 0 Å². The van der Waals surface area contributed by atoms with E-state index in [-0.39, 0.29) is 11.6 Å². The van der Waals surface area contributed by atoms with Crippen molar-refractivity contribution in [1.29, 1.82) is 0 Å². The van der Waals surface area contributed by atoms with Gasteiger partial charge >= 0.3 is 5.69 Å². The molecule has 1 aliphatic heterocycles. The molecular formula is C28H29N3O3.